The minimum absolute atomic E-state index is 0.165. The van der Waals surface area contributed by atoms with Gasteiger partial charge < -0.3 is 18.9 Å². The summed E-state index contributed by atoms with van der Waals surface area (Å²) in [5, 5.41) is 0. The molecule has 0 saturated carbocycles. The van der Waals surface area contributed by atoms with Gasteiger partial charge in [-0.15, -0.1) is 0 Å². The molecule has 0 aliphatic carbocycles. The van der Waals surface area contributed by atoms with Gasteiger partial charge in [0.15, 0.2) is 15.3 Å². The van der Waals surface area contributed by atoms with Crippen molar-refractivity contribution in [3.8, 4) is 0 Å². The van der Waals surface area contributed by atoms with Crippen LogP contribution in [0.4, 0.5) is 0 Å². The molecular weight excluding hydrogens is 488 g/mol. The lowest BCUT2D eigenvalue weighted by Crippen LogP contribution is -2.41. The fourth-order valence-corrected chi connectivity index (χ4v) is 6.12. The van der Waals surface area contributed by atoms with Crippen LogP contribution in [0.15, 0.2) is 103 Å². The molecule has 3 aromatic carbocycles. The minimum Gasteiger partial charge on any atom is -0.374 e. The Morgan fingerprint density at radius 2 is 1.22 bits per heavy atom. The summed E-state index contributed by atoms with van der Waals surface area (Å²) in [6, 6.07) is 29.2. The summed E-state index contributed by atoms with van der Waals surface area (Å²) in [7, 11) is -3.72. The predicted molar refractivity (Wildman–Crippen MR) is 143 cm³/mol. The van der Waals surface area contributed by atoms with Crippen molar-refractivity contribution in [3.05, 3.63) is 120 Å². The zero-order valence-electron chi connectivity index (χ0n) is 21.1. The molecule has 0 N–H and O–H groups in total. The lowest BCUT2D eigenvalue weighted by molar-refractivity contribution is -0.0896. The first-order valence-electron chi connectivity index (χ1n) is 12.4. The molecule has 1 aliphatic heterocycles. The van der Waals surface area contributed by atoms with Crippen molar-refractivity contribution >= 4 is 9.84 Å². The van der Waals surface area contributed by atoms with E-state index in [1.54, 1.807) is 6.92 Å². The lowest BCUT2D eigenvalue weighted by atomic mass is 10.1. The second kappa shape index (κ2) is 13.1. The summed E-state index contributed by atoms with van der Waals surface area (Å²) in [5.41, 5.74) is 2.27. The normalized spacial score (nSPS) is 21.6. The highest BCUT2D eigenvalue weighted by Gasteiger charge is 2.52. The van der Waals surface area contributed by atoms with Crippen LogP contribution < -0.4 is 0 Å². The molecule has 1 heterocycles. The highest BCUT2D eigenvalue weighted by Crippen LogP contribution is 2.33. The Bertz CT molecular complexity index is 1210. The van der Waals surface area contributed by atoms with Crippen LogP contribution >= 0.6 is 0 Å². The van der Waals surface area contributed by atoms with Gasteiger partial charge in [-0.2, -0.15) is 0 Å². The smallest absolute Gasteiger partial charge is 0.188 e. The van der Waals surface area contributed by atoms with E-state index in [-0.39, 0.29) is 19.0 Å². The Morgan fingerprint density at radius 3 is 1.70 bits per heavy atom. The topological polar surface area (TPSA) is 71.1 Å². The number of benzene rings is 3. The maximum absolute atomic E-state index is 13.4. The van der Waals surface area contributed by atoms with Crippen molar-refractivity contribution in [2.75, 3.05) is 12.4 Å². The third-order valence-electron chi connectivity index (χ3n) is 6.03. The largest absolute Gasteiger partial charge is 0.374 e. The Kier molecular flexibility index (Phi) is 9.66. The van der Waals surface area contributed by atoms with Gasteiger partial charge in [0.2, 0.25) is 0 Å². The second-order valence-electron chi connectivity index (χ2n) is 9.33. The van der Waals surface area contributed by atoms with E-state index in [1.165, 1.54) is 0 Å². The van der Waals surface area contributed by atoms with Crippen LogP contribution in [-0.2, 0) is 48.6 Å². The molecule has 37 heavy (non-hydrogen) atoms. The minimum atomic E-state index is -3.72. The van der Waals surface area contributed by atoms with Crippen LogP contribution in [0.3, 0.4) is 0 Å². The molecule has 196 valence electrons. The van der Waals surface area contributed by atoms with E-state index in [2.05, 4.69) is 6.58 Å². The van der Waals surface area contributed by atoms with Gasteiger partial charge in [0.05, 0.1) is 32.2 Å². The van der Waals surface area contributed by atoms with Crippen LogP contribution in [0.1, 0.15) is 23.6 Å². The van der Waals surface area contributed by atoms with E-state index in [0.717, 1.165) is 16.7 Å². The van der Waals surface area contributed by atoms with Gasteiger partial charge in [-0.3, -0.25) is 0 Å². The van der Waals surface area contributed by atoms with Crippen LogP contribution in [-0.4, -0.2) is 44.5 Å². The fraction of sp³-hybridized carbons (Fsp3) is 0.333. The monoisotopic (exact) mass is 522 g/mol. The highest BCUT2D eigenvalue weighted by molar-refractivity contribution is 7.92. The molecule has 0 amide bonds. The standard InChI is InChI=1S/C30H34O6S/c1-23(2)22-37(31,32)30-29(35-20-26-16-10-5-11-17-26)28(34-19-25-14-8-4-9-15-25)27(36-30)21-33-18-24-12-6-3-7-13-24/h3-17,27-30H,1,18-22H2,2H3. The van der Waals surface area contributed by atoms with Gasteiger partial charge in [-0.05, 0) is 23.6 Å². The Balaban J connectivity index is 1.56. The Morgan fingerprint density at radius 1 is 0.757 bits per heavy atom. The van der Waals surface area contributed by atoms with Gasteiger partial charge in [-0.25, -0.2) is 8.42 Å². The number of hydrogen-bond donors (Lipinski definition) is 0. The number of rotatable bonds is 13. The van der Waals surface area contributed by atoms with E-state index in [0.29, 0.717) is 18.8 Å². The molecule has 6 nitrogen and oxygen atoms in total. The van der Waals surface area contributed by atoms with Gasteiger partial charge in [0.25, 0.3) is 0 Å². The van der Waals surface area contributed by atoms with Crippen molar-refractivity contribution in [2.45, 2.75) is 50.5 Å². The van der Waals surface area contributed by atoms with Crippen molar-refractivity contribution in [2.24, 2.45) is 0 Å². The summed E-state index contributed by atoms with van der Waals surface area (Å²) in [6.07, 6.45) is -2.11. The Hall–Kier alpha value is -2.81. The fourth-order valence-electron chi connectivity index (χ4n) is 4.32. The maximum atomic E-state index is 13.4. The maximum Gasteiger partial charge on any atom is 0.188 e. The number of ether oxygens (including phenoxy) is 4. The SMILES string of the molecule is C=C(C)CS(=O)(=O)C1OC(COCc2ccccc2)C(OCc2ccccc2)C1OCc1ccccc1. The molecule has 4 atom stereocenters. The average molecular weight is 523 g/mol. The van der Waals surface area contributed by atoms with E-state index >= 15 is 0 Å². The van der Waals surface area contributed by atoms with E-state index in [9.17, 15) is 8.42 Å². The number of hydrogen-bond acceptors (Lipinski definition) is 6. The third kappa shape index (κ3) is 7.84. The van der Waals surface area contributed by atoms with E-state index < -0.39 is 33.6 Å². The molecule has 0 bridgehead atoms. The molecule has 1 saturated heterocycles. The summed E-state index contributed by atoms with van der Waals surface area (Å²) < 4.78 is 51.4. The second-order valence-corrected chi connectivity index (χ2v) is 11.4. The summed E-state index contributed by atoms with van der Waals surface area (Å²) in [6.45, 7) is 6.56. The zero-order chi connectivity index (χ0) is 26.1. The molecule has 7 heteroatoms. The molecule has 1 fully saturated rings. The van der Waals surface area contributed by atoms with Crippen molar-refractivity contribution in [3.63, 3.8) is 0 Å². The molecule has 4 unspecified atom stereocenters. The van der Waals surface area contributed by atoms with E-state index in [4.69, 9.17) is 18.9 Å². The van der Waals surface area contributed by atoms with Crippen LogP contribution in [0.5, 0.6) is 0 Å². The van der Waals surface area contributed by atoms with Crippen LogP contribution in [0, 0.1) is 0 Å². The van der Waals surface area contributed by atoms with Gasteiger partial charge in [0, 0.05) is 0 Å². The number of sulfone groups is 1. The summed E-state index contributed by atoms with van der Waals surface area (Å²) in [5.74, 6) is -0.189. The van der Waals surface area contributed by atoms with Gasteiger partial charge in [0.1, 0.15) is 18.3 Å². The molecular formula is C30H34O6S. The van der Waals surface area contributed by atoms with Crippen LogP contribution in [0.2, 0.25) is 0 Å². The van der Waals surface area contributed by atoms with Crippen molar-refractivity contribution in [1.82, 2.24) is 0 Å². The molecule has 0 spiro atoms. The first-order valence-corrected chi connectivity index (χ1v) is 14.1. The average Bonchev–Trinajstić information content (AvgIpc) is 3.25. The summed E-state index contributed by atoms with van der Waals surface area (Å²) >= 11 is 0. The Labute approximate surface area is 219 Å². The van der Waals surface area contributed by atoms with Gasteiger partial charge in [-0.1, -0.05) is 103 Å². The molecule has 0 radical (unpaired) electrons. The third-order valence-corrected chi connectivity index (χ3v) is 8.02. The summed E-state index contributed by atoms with van der Waals surface area (Å²) in [4.78, 5) is 0. The molecule has 4 rings (SSSR count). The first-order chi connectivity index (χ1) is 17.9. The predicted octanol–water partition coefficient (Wildman–Crippen LogP) is 5.09. The quantitative estimate of drug-likeness (QED) is 0.291. The van der Waals surface area contributed by atoms with Gasteiger partial charge >= 0.3 is 0 Å². The highest BCUT2D eigenvalue weighted by atomic mass is 32.2. The van der Waals surface area contributed by atoms with Crippen LogP contribution in [0.25, 0.3) is 0 Å². The van der Waals surface area contributed by atoms with E-state index in [1.807, 2.05) is 91.0 Å². The first kappa shape index (κ1) is 27.2. The zero-order valence-corrected chi connectivity index (χ0v) is 21.9. The van der Waals surface area contributed by atoms with Crippen molar-refractivity contribution < 1.29 is 27.4 Å². The molecule has 0 aromatic heterocycles. The molecule has 3 aromatic rings. The molecule has 1 aliphatic rings. The van der Waals surface area contributed by atoms with Crippen molar-refractivity contribution in [1.29, 1.82) is 0 Å². The lowest BCUT2D eigenvalue weighted by Gasteiger charge is -2.25.